The van der Waals surface area contributed by atoms with Gasteiger partial charge in [-0.3, -0.25) is 14.4 Å². The molecule has 5 rings (SSSR count). The molecule has 190 valence electrons. The fourth-order valence-corrected chi connectivity index (χ4v) is 5.95. The number of ketones is 1. The number of piperidine rings is 1. The van der Waals surface area contributed by atoms with Gasteiger partial charge in [0.1, 0.15) is 18.1 Å². The second-order valence-electron chi connectivity index (χ2n) is 10.4. The average Bonchev–Trinajstić information content (AvgIpc) is 3.21. The third-order valence-corrected chi connectivity index (χ3v) is 8.27. The second kappa shape index (κ2) is 10.6. The number of likely N-dealkylation sites (tertiary alicyclic amines) is 1. The summed E-state index contributed by atoms with van der Waals surface area (Å²) in [5, 5.41) is 6.81. The topological polar surface area (TPSA) is 47.4 Å². The highest BCUT2D eigenvalue weighted by Gasteiger charge is 2.25. The van der Waals surface area contributed by atoms with Crippen molar-refractivity contribution in [3.05, 3.63) is 63.8 Å². The fourth-order valence-electron chi connectivity index (χ4n) is 5.38. The summed E-state index contributed by atoms with van der Waals surface area (Å²) in [4.78, 5) is 14.1. The van der Waals surface area contributed by atoms with Crippen LogP contribution < -0.4 is 4.74 Å². The number of rotatable bonds is 7. The molecule has 0 spiro atoms. The quantitative estimate of drug-likeness (QED) is 0.331. The van der Waals surface area contributed by atoms with Crippen molar-refractivity contribution < 1.29 is 9.53 Å². The molecule has 0 N–H and O–H groups in total. The zero-order valence-corrected chi connectivity index (χ0v) is 22.7. The minimum Gasteiger partial charge on any atom is -0.489 e. The van der Waals surface area contributed by atoms with Crippen molar-refractivity contribution in [3.8, 4) is 5.75 Å². The highest BCUT2D eigenvalue weighted by Crippen LogP contribution is 2.37. The number of nitrogens with zero attached hydrogens (tertiary/aromatic N) is 3. The van der Waals surface area contributed by atoms with E-state index in [1.807, 2.05) is 10.7 Å². The van der Waals surface area contributed by atoms with E-state index in [9.17, 15) is 4.79 Å². The van der Waals surface area contributed by atoms with E-state index >= 15 is 0 Å². The highest BCUT2D eigenvalue weighted by molar-refractivity contribution is 6.49. The molecule has 0 unspecified atom stereocenters. The summed E-state index contributed by atoms with van der Waals surface area (Å²) < 4.78 is 8.10. The number of carbonyl (C=O) groups excluding carboxylic acids is 1. The molecule has 1 aliphatic carbocycles. The van der Waals surface area contributed by atoms with Gasteiger partial charge in [0.2, 0.25) is 0 Å². The molecule has 1 aromatic heterocycles. The first kappa shape index (κ1) is 25.3. The van der Waals surface area contributed by atoms with Gasteiger partial charge in [-0.15, -0.1) is 0 Å². The highest BCUT2D eigenvalue weighted by atomic mass is 35.5. The van der Waals surface area contributed by atoms with Crippen molar-refractivity contribution >= 4 is 44.9 Å². The first-order chi connectivity index (χ1) is 17.3. The number of benzene rings is 2. The molecule has 7 heteroatoms. The van der Waals surface area contributed by atoms with Crippen LogP contribution in [-0.2, 0) is 17.8 Å². The monoisotopic (exact) mass is 525 g/mol. The average molecular weight is 527 g/mol. The zero-order chi connectivity index (χ0) is 25.4. The van der Waals surface area contributed by atoms with Crippen LogP contribution in [0.25, 0.3) is 15.9 Å². The van der Waals surface area contributed by atoms with Crippen LogP contribution in [0.5, 0.6) is 5.75 Å². The molecule has 5 nitrogen and oxygen atoms in total. The van der Waals surface area contributed by atoms with Gasteiger partial charge < -0.3 is 4.74 Å². The van der Waals surface area contributed by atoms with Crippen LogP contribution in [-0.4, -0.2) is 40.1 Å². The lowest BCUT2D eigenvalue weighted by atomic mass is 9.90. The van der Waals surface area contributed by atoms with Crippen LogP contribution >= 0.6 is 23.2 Å². The predicted octanol–water partition coefficient (Wildman–Crippen LogP) is 7.05. The lowest BCUT2D eigenvalue weighted by Crippen LogP contribution is -2.37. The number of hydrogen-bond donors (Lipinski definition) is 0. The number of Topliss-reactive ketones (excluding diaryl/α,β-unsaturated/α-hetero) is 1. The van der Waals surface area contributed by atoms with Gasteiger partial charge in [-0.2, -0.15) is 5.10 Å². The number of ether oxygens (including phenoxy) is 1. The Balaban J connectivity index is 1.25. The van der Waals surface area contributed by atoms with Gasteiger partial charge in [-0.25, -0.2) is 0 Å². The van der Waals surface area contributed by atoms with Crippen LogP contribution in [0.4, 0.5) is 0 Å². The summed E-state index contributed by atoms with van der Waals surface area (Å²) in [6, 6.07) is 12.7. The Morgan fingerprint density at radius 1 is 1.11 bits per heavy atom. The Bertz CT molecular complexity index is 1320. The smallest absolute Gasteiger partial charge is 0.158 e. The van der Waals surface area contributed by atoms with E-state index in [0.29, 0.717) is 17.5 Å². The minimum atomic E-state index is 0.229. The molecule has 0 atom stereocenters. The van der Waals surface area contributed by atoms with Crippen LogP contribution in [0.2, 0.25) is 5.15 Å². The summed E-state index contributed by atoms with van der Waals surface area (Å²) >= 11 is 13.3. The number of aromatic nitrogens is 2. The van der Waals surface area contributed by atoms with Gasteiger partial charge in [0.05, 0.1) is 5.52 Å². The standard InChI is InChI=1S/C29H33Cl2N3O2/c1-18(2)34-27-9-4-20(14-26(27)29(31)32-34)17-36-24-7-8-25-22(15-24)5-6-23(28(25)30)16-33-12-10-21(11-13-33)19(3)35/h4,7-9,14-15,18,21H,5-6,10-13,16-17H2,1-3H3. The SMILES string of the molecule is CC(=O)C1CCN(CC2=C(Cl)c3ccc(OCc4ccc5c(c4)c(Cl)nn5C(C)C)cc3CC2)CC1. The van der Waals surface area contributed by atoms with E-state index < -0.39 is 0 Å². The van der Waals surface area contributed by atoms with Crippen molar-refractivity contribution in [1.29, 1.82) is 0 Å². The molecule has 2 aromatic carbocycles. The predicted molar refractivity (Wildman–Crippen MR) is 147 cm³/mol. The van der Waals surface area contributed by atoms with Crippen molar-refractivity contribution in [1.82, 2.24) is 14.7 Å². The van der Waals surface area contributed by atoms with Crippen molar-refractivity contribution in [2.45, 2.75) is 59.1 Å². The van der Waals surface area contributed by atoms with Gasteiger partial charge in [0.25, 0.3) is 0 Å². The molecule has 0 amide bonds. The fraction of sp³-hybridized carbons (Fsp3) is 0.448. The maximum absolute atomic E-state index is 11.7. The molecular weight excluding hydrogens is 493 g/mol. The molecule has 2 heterocycles. The molecule has 2 aliphatic rings. The van der Waals surface area contributed by atoms with Gasteiger partial charge in [-0.05, 0) is 112 Å². The van der Waals surface area contributed by atoms with E-state index in [2.05, 4.69) is 54.2 Å². The summed E-state index contributed by atoms with van der Waals surface area (Å²) in [6.07, 6.45) is 3.82. The molecule has 1 fully saturated rings. The molecule has 1 aliphatic heterocycles. The Morgan fingerprint density at radius 2 is 1.89 bits per heavy atom. The Kier molecular flexibility index (Phi) is 7.43. The largest absolute Gasteiger partial charge is 0.489 e. The van der Waals surface area contributed by atoms with Crippen molar-refractivity contribution in [3.63, 3.8) is 0 Å². The molecule has 0 radical (unpaired) electrons. The van der Waals surface area contributed by atoms with Crippen LogP contribution in [0.3, 0.4) is 0 Å². The van der Waals surface area contributed by atoms with E-state index in [0.717, 1.165) is 78.1 Å². The Morgan fingerprint density at radius 3 is 2.61 bits per heavy atom. The minimum absolute atomic E-state index is 0.229. The lowest BCUT2D eigenvalue weighted by Gasteiger charge is -2.32. The summed E-state index contributed by atoms with van der Waals surface area (Å²) in [7, 11) is 0. The molecular formula is C29H33Cl2N3O2. The maximum atomic E-state index is 11.7. The number of halogens is 2. The van der Waals surface area contributed by atoms with E-state index in [4.69, 9.17) is 27.9 Å². The zero-order valence-electron chi connectivity index (χ0n) is 21.2. The van der Waals surface area contributed by atoms with Crippen LogP contribution in [0.15, 0.2) is 42.0 Å². The summed E-state index contributed by atoms with van der Waals surface area (Å²) in [5.41, 5.74) is 5.73. The number of aryl methyl sites for hydroxylation is 1. The molecule has 36 heavy (non-hydrogen) atoms. The third-order valence-electron chi connectivity index (χ3n) is 7.52. The first-order valence-corrected chi connectivity index (χ1v) is 13.6. The number of carbonyl (C=O) groups is 1. The Hall–Kier alpha value is -2.34. The van der Waals surface area contributed by atoms with Crippen LogP contribution in [0.1, 0.15) is 62.8 Å². The Labute approximate surface area is 223 Å². The van der Waals surface area contributed by atoms with Gasteiger partial charge in [0, 0.05) is 28.9 Å². The maximum Gasteiger partial charge on any atom is 0.158 e. The first-order valence-electron chi connectivity index (χ1n) is 12.8. The lowest BCUT2D eigenvalue weighted by molar-refractivity contribution is -0.122. The summed E-state index contributed by atoms with van der Waals surface area (Å²) in [5.74, 6) is 1.40. The molecule has 1 saturated heterocycles. The van der Waals surface area contributed by atoms with E-state index in [1.54, 1.807) is 6.92 Å². The van der Waals surface area contributed by atoms with Gasteiger partial charge in [-0.1, -0.05) is 29.3 Å². The summed E-state index contributed by atoms with van der Waals surface area (Å²) in [6.45, 7) is 9.19. The van der Waals surface area contributed by atoms with Crippen molar-refractivity contribution in [2.75, 3.05) is 19.6 Å². The normalized spacial score (nSPS) is 17.2. The third kappa shape index (κ3) is 5.20. The number of fused-ring (bicyclic) bond motifs is 2. The van der Waals surface area contributed by atoms with E-state index in [1.165, 1.54) is 11.1 Å². The van der Waals surface area contributed by atoms with Gasteiger partial charge in [0.15, 0.2) is 5.15 Å². The molecule has 3 aromatic rings. The molecule has 0 bridgehead atoms. The van der Waals surface area contributed by atoms with Crippen LogP contribution in [0, 0.1) is 5.92 Å². The number of hydrogen-bond acceptors (Lipinski definition) is 4. The van der Waals surface area contributed by atoms with E-state index in [-0.39, 0.29) is 12.0 Å². The second-order valence-corrected chi connectivity index (χ2v) is 11.1. The van der Waals surface area contributed by atoms with Crippen molar-refractivity contribution in [2.24, 2.45) is 5.92 Å². The molecule has 0 saturated carbocycles. The van der Waals surface area contributed by atoms with Gasteiger partial charge >= 0.3 is 0 Å².